The molecular formula is C14H7BrCl2N2OS. The number of fused-ring (bicyclic) bond motifs is 1. The van der Waals surface area contributed by atoms with Crippen LogP contribution in [0.25, 0.3) is 10.2 Å². The van der Waals surface area contributed by atoms with E-state index >= 15 is 0 Å². The van der Waals surface area contributed by atoms with Crippen LogP contribution in [0.5, 0.6) is 0 Å². The average molecular weight is 402 g/mol. The monoisotopic (exact) mass is 400 g/mol. The number of rotatable bonds is 2. The number of thiazole rings is 1. The van der Waals surface area contributed by atoms with Crippen LogP contribution in [0.4, 0.5) is 5.13 Å². The van der Waals surface area contributed by atoms with Crippen molar-refractivity contribution in [3.8, 4) is 0 Å². The van der Waals surface area contributed by atoms with Gasteiger partial charge in [-0.2, -0.15) is 0 Å². The highest BCUT2D eigenvalue weighted by molar-refractivity contribution is 9.10. The van der Waals surface area contributed by atoms with E-state index in [9.17, 15) is 4.79 Å². The molecule has 21 heavy (non-hydrogen) atoms. The molecule has 0 fully saturated rings. The Labute approximate surface area is 143 Å². The molecule has 0 aliphatic heterocycles. The number of amides is 1. The highest BCUT2D eigenvalue weighted by Gasteiger charge is 2.11. The second kappa shape index (κ2) is 5.93. The van der Waals surface area contributed by atoms with Crippen LogP contribution in [0.2, 0.25) is 10.0 Å². The van der Waals surface area contributed by atoms with Gasteiger partial charge in [-0.1, -0.05) is 50.5 Å². The minimum absolute atomic E-state index is 0.261. The number of hydrogen-bond acceptors (Lipinski definition) is 3. The third kappa shape index (κ3) is 3.37. The van der Waals surface area contributed by atoms with E-state index < -0.39 is 0 Å². The van der Waals surface area contributed by atoms with Crippen molar-refractivity contribution in [3.05, 3.63) is 56.5 Å². The number of carbonyl (C=O) groups is 1. The molecule has 1 aromatic heterocycles. The first kappa shape index (κ1) is 14.8. The third-order valence-electron chi connectivity index (χ3n) is 2.70. The summed E-state index contributed by atoms with van der Waals surface area (Å²) in [6.07, 6.45) is 0. The molecule has 0 saturated heterocycles. The predicted molar refractivity (Wildman–Crippen MR) is 91.7 cm³/mol. The Kier molecular flexibility index (Phi) is 4.17. The molecule has 3 nitrogen and oxygen atoms in total. The van der Waals surface area contributed by atoms with E-state index in [2.05, 4.69) is 26.2 Å². The molecule has 0 aliphatic rings. The lowest BCUT2D eigenvalue weighted by atomic mass is 10.2. The van der Waals surface area contributed by atoms with E-state index in [0.29, 0.717) is 20.7 Å². The van der Waals surface area contributed by atoms with Crippen LogP contribution in [-0.2, 0) is 0 Å². The summed E-state index contributed by atoms with van der Waals surface area (Å²) in [6.45, 7) is 0. The summed E-state index contributed by atoms with van der Waals surface area (Å²) in [5.41, 5.74) is 1.26. The molecule has 7 heteroatoms. The quantitative estimate of drug-likeness (QED) is 0.605. The molecule has 3 aromatic rings. The fraction of sp³-hybridized carbons (Fsp3) is 0. The predicted octanol–water partition coefficient (Wildman–Crippen LogP) is 5.62. The van der Waals surface area contributed by atoms with Crippen LogP contribution in [0.15, 0.2) is 40.9 Å². The van der Waals surface area contributed by atoms with Crippen LogP contribution in [0.1, 0.15) is 10.4 Å². The zero-order chi connectivity index (χ0) is 15.0. The van der Waals surface area contributed by atoms with Crippen molar-refractivity contribution < 1.29 is 4.79 Å². The maximum absolute atomic E-state index is 12.2. The number of aromatic nitrogens is 1. The van der Waals surface area contributed by atoms with Crippen molar-refractivity contribution in [1.29, 1.82) is 0 Å². The summed E-state index contributed by atoms with van der Waals surface area (Å²) >= 11 is 16.6. The summed E-state index contributed by atoms with van der Waals surface area (Å²) in [6, 6.07) is 10.4. The van der Waals surface area contributed by atoms with E-state index in [1.54, 1.807) is 24.3 Å². The van der Waals surface area contributed by atoms with Gasteiger partial charge in [-0.25, -0.2) is 4.98 Å². The van der Waals surface area contributed by atoms with E-state index in [1.807, 2.05) is 12.1 Å². The van der Waals surface area contributed by atoms with Crippen molar-refractivity contribution >= 4 is 71.7 Å². The maximum Gasteiger partial charge on any atom is 0.257 e. The molecule has 0 unspecified atom stereocenters. The third-order valence-corrected chi connectivity index (χ3v) is 4.54. The van der Waals surface area contributed by atoms with Crippen molar-refractivity contribution in [2.75, 3.05) is 5.32 Å². The molecule has 0 spiro atoms. The zero-order valence-electron chi connectivity index (χ0n) is 10.4. The smallest absolute Gasteiger partial charge is 0.257 e. The fourth-order valence-corrected chi connectivity index (χ4v) is 3.80. The Morgan fingerprint density at radius 1 is 1.14 bits per heavy atom. The van der Waals surface area contributed by atoms with Gasteiger partial charge in [0.15, 0.2) is 5.13 Å². The molecule has 106 valence electrons. The molecule has 0 saturated carbocycles. The van der Waals surface area contributed by atoms with Crippen molar-refractivity contribution in [3.63, 3.8) is 0 Å². The number of nitrogens with zero attached hydrogens (tertiary/aromatic N) is 1. The molecule has 2 aromatic carbocycles. The van der Waals surface area contributed by atoms with Crippen LogP contribution < -0.4 is 5.32 Å². The van der Waals surface area contributed by atoms with Gasteiger partial charge in [0.1, 0.15) is 0 Å². The van der Waals surface area contributed by atoms with E-state index in [-0.39, 0.29) is 5.91 Å². The molecule has 1 amide bonds. The number of nitrogens with one attached hydrogen (secondary N) is 1. The van der Waals surface area contributed by atoms with Gasteiger partial charge in [0, 0.05) is 20.1 Å². The molecule has 0 bridgehead atoms. The lowest BCUT2D eigenvalue weighted by Crippen LogP contribution is -2.11. The van der Waals surface area contributed by atoms with Crippen molar-refractivity contribution in [2.45, 2.75) is 0 Å². The van der Waals surface area contributed by atoms with Gasteiger partial charge in [-0.05, 0) is 36.4 Å². The van der Waals surface area contributed by atoms with Gasteiger partial charge in [0.2, 0.25) is 0 Å². The lowest BCUT2D eigenvalue weighted by Gasteiger charge is -2.03. The van der Waals surface area contributed by atoms with E-state index in [0.717, 1.165) is 14.7 Å². The normalized spacial score (nSPS) is 10.8. The zero-order valence-corrected chi connectivity index (χ0v) is 14.3. The number of anilines is 1. The first-order chi connectivity index (χ1) is 10.0. The molecule has 1 heterocycles. The Morgan fingerprint density at radius 3 is 2.71 bits per heavy atom. The topological polar surface area (TPSA) is 42.0 Å². The fourth-order valence-electron chi connectivity index (χ4n) is 1.81. The number of halogens is 3. The van der Waals surface area contributed by atoms with Crippen LogP contribution in [0.3, 0.4) is 0 Å². The Morgan fingerprint density at radius 2 is 1.95 bits per heavy atom. The second-order valence-electron chi connectivity index (χ2n) is 4.24. The summed E-state index contributed by atoms with van der Waals surface area (Å²) in [5, 5.41) is 4.42. The molecular weight excluding hydrogens is 395 g/mol. The molecule has 0 radical (unpaired) electrons. The van der Waals surface area contributed by atoms with Gasteiger partial charge < -0.3 is 0 Å². The molecule has 0 aliphatic carbocycles. The largest absolute Gasteiger partial charge is 0.298 e. The number of benzene rings is 2. The Balaban J connectivity index is 1.88. The van der Waals surface area contributed by atoms with Crippen molar-refractivity contribution in [2.24, 2.45) is 0 Å². The van der Waals surface area contributed by atoms with Crippen LogP contribution in [0, 0.1) is 0 Å². The van der Waals surface area contributed by atoms with Gasteiger partial charge in [0.25, 0.3) is 5.91 Å². The minimum Gasteiger partial charge on any atom is -0.298 e. The summed E-state index contributed by atoms with van der Waals surface area (Å²) < 4.78 is 1.67. The van der Waals surface area contributed by atoms with Gasteiger partial charge >= 0.3 is 0 Å². The van der Waals surface area contributed by atoms with Gasteiger partial charge in [-0.15, -0.1) is 0 Å². The average Bonchev–Trinajstić information content (AvgIpc) is 2.78. The number of carbonyl (C=O) groups excluding carboxylic acids is 1. The molecule has 3 rings (SSSR count). The summed E-state index contributed by atoms with van der Waals surface area (Å²) in [5.74, 6) is -0.261. The van der Waals surface area contributed by atoms with E-state index in [1.165, 1.54) is 11.3 Å². The Hall–Kier alpha value is -1.14. The summed E-state index contributed by atoms with van der Waals surface area (Å²) in [4.78, 5) is 16.6. The minimum atomic E-state index is -0.261. The highest BCUT2D eigenvalue weighted by Crippen LogP contribution is 2.29. The first-order valence-corrected chi connectivity index (χ1v) is 8.21. The van der Waals surface area contributed by atoms with Gasteiger partial charge in [0.05, 0.1) is 10.2 Å². The second-order valence-corrected chi connectivity index (χ2v) is 7.06. The van der Waals surface area contributed by atoms with Crippen LogP contribution >= 0.6 is 50.5 Å². The SMILES string of the molecule is O=C(Nc1nc2ccc(Cl)cc2s1)c1cc(Cl)cc(Br)c1. The van der Waals surface area contributed by atoms with Gasteiger partial charge in [-0.3, -0.25) is 10.1 Å². The lowest BCUT2D eigenvalue weighted by molar-refractivity contribution is 0.102. The molecule has 0 atom stereocenters. The highest BCUT2D eigenvalue weighted by atomic mass is 79.9. The van der Waals surface area contributed by atoms with Crippen LogP contribution in [-0.4, -0.2) is 10.9 Å². The first-order valence-electron chi connectivity index (χ1n) is 5.85. The summed E-state index contributed by atoms with van der Waals surface area (Å²) in [7, 11) is 0. The Bertz CT molecular complexity index is 830. The standard InChI is InChI=1S/C14H7BrCl2N2OS/c15-8-3-7(4-10(17)5-8)13(20)19-14-18-11-2-1-9(16)6-12(11)21-14/h1-6H,(H,18,19,20). The number of hydrogen-bond donors (Lipinski definition) is 1. The molecule has 1 N–H and O–H groups in total. The van der Waals surface area contributed by atoms with Crippen molar-refractivity contribution in [1.82, 2.24) is 4.98 Å². The maximum atomic E-state index is 12.2. The van der Waals surface area contributed by atoms with E-state index in [4.69, 9.17) is 23.2 Å².